The van der Waals surface area contributed by atoms with Crippen LogP contribution in [0.4, 0.5) is 0 Å². The van der Waals surface area contributed by atoms with E-state index in [1.807, 2.05) is 26.2 Å². The molecule has 0 aliphatic heterocycles. The highest BCUT2D eigenvalue weighted by atomic mass is 32.2. The van der Waals surface area contributed by atoms with Crippen LogP contribution in [-0.2, 0) is 13.6 Å². The number of aromatic nitrogens is 3. The van der Waals surface area contributed by atoms with E-state index in [4.69, 9.17) is 9.05 Å². The van der Waals surface area contributed by atoms with Gasteiger partial charge in [0.25, 0.3) is 0 Å². The van der Waals surface area contributed by atoms with Crippen molar-refractivity contribution in [1.29, 1.82) is 0 Å². The normalized spacial score (nSPS) is 12.2. The van der Waals surface area contributed by atoms with E-state index in [1.54, 1.807) is 18.4 Å². The highest BCUT2D eigenvalue weighted by Crippen LogP contribution is 2.49. The topological polar surface area (TPSA) is 65.7 Å². The molecule has 0 aliphatic rings. The summed E-state index contributed by atoms with van der Waals surface area (Å²) in [7, 11) is -3.43. The number of rotatable bonds is 6. The van der Waals surface area contributed by atoms with Gasteiger partial charge in [-0.3, -0.25) is 4.57 Å². The van der Waals surface area contributed by atoms with Gasteiger partial charge in [-0.2, -0.15) is 5.10 Å². The fraction of sp³-hybridized carbons (Fsp3) is 0.538. The Morgan fingerprint density at radius 1 is 1.29 bits per heavy atom. The molecule has 0 amide bonds. The molecule has 0 aromatic carbocycles. The molecule has 0 N–H and O–H groups in total. The van der Waals surface area contributed by atoms with Crippen molar-refractivity contribution in [2.45, 2.75) is 32.7 Å². The molecule has 0 spiro atoms. The quantitative estimate of drug-likeness (QED) is 0.600. The first-order valence-corrected chi connectivity index (χ1v) is 9.54. The minimum absolute atomic E-state index is 0.299. The lowest BCUT2D eigenvalue weighted by molar-refractivity contribution is 0.229. The van der Waals surface area contributed by atoms with Gasteiger partial charge in [0, 0.05) is 11.4 Å². The van der Waals surface area contributed by atoms with E-state index in [-0.39, 0.29) is 0 Å². The predicted octanol–water partition coefficient (Wildman–Crippen LogP) is 2.96. The molecule has 2 heterocycles. The highest BCUT2D eigenvalue weighted by molar-refractivity contribution is 7.99. The summed E-state index contributed by atoms with van der Waals surface area (Å²) in [6.07, 6.45) is 1.88. The van der Waals surface area contributed by atoms with Crippen LogP contribution in [0, 0.1) is 13.8 Å². The van der Waals surface area contributed by atoms with Crippen molar-refractivity contribution < 1.29 is 13.6 Å². The van der Waals surface area contributed by atoms with Crippen molar-refractivity contribution in [3.63, 3.8) is 0 Å². The van der Waals surface area contributed by atoms with Crippen molar-refractivity contribution in [3.05, 3.63) is 17.5 Å². The Hall–Kier alpha value is -0.880. The molecule has 8 heteroatoms. The van der Waals surface area contributed by atoms with Gasteiger partial charge in [0.2, 0.25) is 0 Å². The lowest BCUT2D eigenvalue weighted by Crippen LogP contribution is -2.14. The largest absolute Gasteiger partial charge is 0.367 e. The molecule has 0 saturated heterocycles. The molecule has 0 atom stereocenters. The van der Waals surface area contributed by atoms with Crippen molar-refractivity contribution in [1.82, 2.24) is 14.6 Å². The van der Waals surface area contributed by atoms with Gasteiger partial charge in [0.15, 0.2) is 5.65 Å². The van der Waals surface area contributed by atoms with Gasteiger partial charge < -0.3 is 9.05 Å². The lowest BCUT2D eigenvalue weighted by atomic mass is 10.3. The monoisotopic (exact) mass is 329 g/mol. The van der Waals surface area contributed by atoms with E-state index in [0.29, 0.717) is 29.2 Å². The molecule has 0 bridgehead atoms. The second kappa shape index (κ2) is 6.48. The van der Waals surface area contributed by atoms with E-state index >= 15 is 0 Å². The zero-order valence-corrected chi connectivity index (χ0v) is 14.6. The summed E-state index contributed by atoms with van der Waals surface area (Å²) in [4.78, 5) is 4.49. The first-order valence-electron chi connectivity index (χ1n) is 6.77. The Morgan fingerprint density at radius 3 is 2.43 bits per heavy atom. The summed E-state index contributed by atoms with van der Waals surface area (Å²) < 4.78 is 25.8. The van der Waals surface area contributed by atoms with Crippen LogP contribution in [0.2, 0.25) is 0 Å². The van der Waals surface area contributed by atoms with Gasteiger partial charge in [-0.1, -0.05) is 0 Å². The van der Waals surface area contributed by atoms with Crippen molar-refractivity contribution >= 4 is 30.3 Å². The van der Waals surface area contributed by atoms with Gasteiger partial charge in [0.05, 0.1) is 13.2 Å². The van der Waals surface area contributed by atoms with Gasteiger partial charge >= 0.3 is 7.60 Å². The van der Waals surface area contributed by atoms with E-state index in [1.165, 1.54) is 11.8 Å². The summed E-state index contributed by atoms with van der Waals surface area (Å²) >= 11 is 1.41. The highest BCUT2D eigenvalue weighted by Gasteiger charge is 2.35. The van der Waals surface area contributed by atoms with E-state index < -0.39 is 7.60 Å². The van der Waals surface area contributed by atoms with Gasteiger partial charge in [-0.05, 0) is 40.0 Å². The minimum atomic E-state index is -3.43. The fourth-order valence-corrected chi connectivity index (χ4v) is 4.91. The summed E-state index contributed by atoms with van der Waals surface area (Å²) in [5.74, 6) is 0. The molecule has 2 rings (SSSR count). The third-order valence-electron chi connectivity index (χ3n) is 2.91. The van der Waals surface area contributed by atoms with E-state index in [2.05, 4.69) is 10.1 Å². The summed E-state index contributed by atoms with van der Waals surface area (Å²) in [5.41, 5.74) is 2.31. The number of hydrogen-bond acceptors (Lipinski definition) is 6. The number of thioether (sulfide) groups is 1. The average molecular weight is 329 g/mol. The number of nitrogens with zero attached hydrogens (tertiary/aromatic N) is 3. The summed E-state index contributed by atoms with van der Waals surface area (Å²) in [6.45, 7) is 8.02. The second-order valence-electron chi connectivity index (χ2n) is 4.47. The first kappa shape index (κ1) is 16.5. The smallest absolute Gasteiger partial charge is 0.305 e. The summed E-state index contributed by atoms with van der Waals surface area (Å²) in [6, 6.07) is 1.93. The minimum Gasteiger partial charge on any atom is -0.305 e. The molecule has 2 aromatic rings. The molecule has 0 radical (unpaired) electrons. The van der Waals surface area contributed by atoms with Crippen LogP contribution in [0.15, 0.2) is 11.1 Å². The lowest BCUT2D eigenvalue weighted by Gasteiger charge is -2.16. The molecule has 21 heavy (non-hydrogen) atoms. The van der Waals surface area contributed by atoms with Gasteiger partial charge in [0.1, 0.15) is 10.3 Å². The zero-order chi connectivity index (χ0) is 15.6. The second-order valence-corrected chi connectivity index (χ2v) is 7.22. The van der Waals surface area contributed by atoms with Gasteiger partial charge in [-0.15, -0.1) is 11.8 Å². The fourth-order valence-electron chi connectivity index (χ4n) is 2.17. The van der Waals surface area contributed by atoms with Crippen LogP contribution in [0.1, 0.15) is 25.2 Å². The SMILES string of the molecule is CCOP(=O)(OCC)c1c(SC)nn2c(C)cc(C)nc12. The Kier molecular flexibility index (Phi) is 5.09. The number of aryl methyl sites for hydroxylation is 2. The van der Waals surface area contributed by atoms with Crippen LogP contribution in [0.3, 0.4) is 0 Å². The molecular weight excluding hydrogens is 309 g/mol. The molecule has 0 aliphatic carbocycles. The molecule has 0 unspecified atom stereocenters. The van der Waals surface area contributed by atoms with Crippen LogP contribution in [0.25, 0.3) is 5.65 Å². The standard InChI is InChI=1S/C13H20N3O3PS/c1-6-18-20(17,19-7-2)11-12-14-9(3)8-10(4)16(12)15-13(11)21-5/h8H,6-7H2,1-5H3. The van der Waals surface area contributed by atoms with Crippen molar-refractivity contribution in [3.8, 4) is 0 Å². The molecular formula is C13H20N3O3PS. The third kappa shape index (κ3) is 3.01. The van der Waals surface area contributed by atoms with Gasteiger partial charge in [-0.25, -0.2) is 9.50 Å². The maximum atomic E-state index is 13.1. The van der Waals surface area contributed by atoms with Crippen LogP contribution >= 0.6 is 19.4 Å². The number of hydrogen-bond donors (Lipinski definition) is 0. The Labute approximate surface area is 128 Å². The van der Waals surface area contributed by atoms with Crippen molar-refractivity contribution in [2.24, 2.45) is 0 Å². The van der Waals surface area contributed by atoms with E-state index in [9.17, 15) is 4.57 Å². The van der Waals surface area contributed by atoms with Crippen LogP contribution in [-0.4, -0.2) is 34.1 Å². The first-order chi connectivity index (χ1) is 9.96. The Balaban J connectivity index is 2.79. The predicted molar refractivity (Wildman–Crippen MR) is 84.7 cm³/mol. The van der Waals surface area contributed by atoms with Crippen molar-refractivity contribution in [2.75, 3.05) is 19.5 Å². The molecule has 0 saturated carbocycles. The summed E-state index contributed by atoms with van der Waals surface area (Å²) in [5, 5.41) is 5.58. The maximum Gasteiger partial charge on any atom is 0.367 e. The van der Waals surface area contributed by atoms with Crippen LogP contribution in [0.5, 0.6) is 0 Å². The average Bonchev–Trinajstić information content (AvgIpc) is 2.78. The Morgan fingerprint density at radius 2 is 1.90 bits per heavy atom. The van der Waals surface area contributed by atoms with Crippen LogP contribution < -0.4 is 5.30 Å². The number of fused-ring (bicyclic) bond motifs is 1. The molecule has 6 nitrogen and oxygen atoms in total. The maximum absolute atomic E-state index is 13.1. The van der Waals surface area contributed by atoms with E-state index in [0.717, 1.165) is 11.4 Å². The molecule has 0 fully saturated rings. The zero-order valence-electron chi connectivity index (χ0n) is 12.9. The third-order valence-corrected chi connectivity index (χ3v) is 5.88. The molecule has 116 valence electrons. The molecule has 2 aromatic heterocycles. The Bertz CT molecular complexity index is 692.